The highest BCUT2D eigenvalue weighted by Gasteiger charge is 2.11. The predicted molar refractivity (Wildman–Crippen MR) is 73.8 cm³/mol. The molecular weight excluding hydrogens is 226 g/mol. The second kappa shape index (κ2) is 4.18. The molecule has 0 bridgehead atoms. The third-order valence-corrected chi connectivity index (χ3v) is 3.16. The Labute approximate surface area is 106 Å². The second-order valence-corrected chi connectivity index (χ2v) is 4.33. The zero-order valence-electron chi connectivity index (χ0n) is 10.2. The first-order valence-corrected chi connectivity index (χ1v) is 5.90. The van der Waals surface area contributed by atoms with E-state index < -0.39 is 0 Å². The number of nitrogens with two attached hydrogens (primary N) is 1. The van der Waals surface area contributed by atoms with E-state index in [9.17, 15) is 0 Å². The van der Waals surface area contributed by atoms with Crippen molar-refractivity contribution in [2.45, 2.75) is 0 Å². The lowest BCUT2D eigenvalue weighted by Crippen LogP contribution is -2.17. The van der Waals surface area contributed by atoms with Gasteiger partial charge in [0, 0.05) is 24.8 Å². The van der Waals surface area contributed by atoms with Crippen LogP contribution in [0.25, 0.3) is 11.1 Å². The summed E-state index contributed by atoms with van der Waals surface area (Å²) in [5.74, 6) is 0.683. The van der Waals surface area contributed by atoms with Crippen LogP contribution in [0.5, 0.6) is 0 Å². The van der Waals surface area contributed by atoms with Gasteiger partial charge in [0.25, 0.3) is 0 Å². The molecule has 2 heterocycles. The number of benzene rings is 1. The van der Waals surface area contributed by atoms with Crippen molar-refractivity contribution in [3.63, 3.8) is 0 Å². The molecule has 1 aliphatic heterocycles. The van der Waals surface area contributed by atoms with Gasteiger partial charge in [0.05, 0.1) is 19.1 Å². The van der Waals surface area contributed by atoms with Gasteiger partial charge in [0.1, 0.15) is 5.82 Å². The maximum Gasteiger partial charge on any atom is 0.129 e. The first-order chi connectivity index (χ1) is 8.75. The summed E-state index contributed by atoms with van der Waals surface area (Å²) in [4.78, 5) is 6.36. The Balaban J connectivity index is 2.00. The lowest BCUT2D eigenvalue weighted by atomic mass is 10.1. The van der Waals surface area contributed by atoms with Crippen LogP contribution in [0.4, 0.5) is 11.5 Å². The van der Waals surface area contributed by atoms with Crippen LogP contribution in [0, 0.1) is 0 Å². The molecule has 0 radical (unpaired) electrons. The molecular formula is C13H15N5. The van der Waals surface area contributed by atoms with Gasteiger partial charge in [-0.2, -0.15) is 5.10 Å². The van der Waals surface area contributed by atoms with Crippen molar-refractivity contribution in [3.8, 4) is 11.1 Å². The quantitative estimate of drug-likeness (QED) is 0.867. The van der Waals surface area contributed by atoms with Gasteiger partial charge in [-0.3, -0.25) is 9.67 Å². The number of nitrogens with zero attached hydrogens (tertiary/aromatic N) is 4. The average molecular weight is 241 g/mol. The summed E-state index contributed by atoms with van der Waals surface area (Å²) in [6.45, 7) is 1.80. The molecule has 5 nitrogen and oxygen atoms in total. The lowest BCUT2D eigenvalue weighted by molar-refractivity contribution is 0.779. The Bertz CT molecular complexity index is 599. The zero-order chi connectivity index (χ0) is 12.5. The van der Waals surface area contributed by atoms with Gasteiger partial charge in [0.2, 0.25) is 0 Å². The molecule has 1 aliphatic rings. The standard InChI is InChI=1S/C13H15N5/c1-17-13(14)12(8-16-17)10-3-2-4-11(7-10)18-6-5-15-9-18/h2-4,7-9H,5-6,14H2,1H3. The van der Waals surface area contributed by atoms with Crippen molar-refractivity contribution in [2.24, 2.45) is 12.0 Å². The van der Waals surface area contributed by atoms with E-state index in [0.717, 1.165) is 29.9 Å². The molecule has 18 heavy (non-hydrogen) atoms. The normalized spacial score (nSPS) is 14.4. The summed E-state index contributed by atoms with van der Waals surface area (Å²) in [5.41, 5.74) is 9.18. The molecule has 5 heteroatoms. The fourth-order valence-corrected chi connectivity index (χ4v) is 2.10. The summed E-state index contributed by atoms with van der Waals surface area (Å²) in [5, 5.41) is 4.17. The predicted octanol–water partition coefficient (Wildman–Crippen LogP) is 1.52. The van der Waals surface area contributed by atoms with Gasteiger partial charge in [-0.15, -0.1) is 0 Å². The Morgan fingerprint density at radius 2 is 2.22 bits per heavy atom. The lowest BCUT2D eigenvalue weighted by Gasteiger charge is -2.14. The molecule has 0 aliphatic carbocycles. The highest BCUT2D eigenvalue weighted by Crippen LogP contribution is 2.28. The van der Waals surface area contributed by atoms with Gasteiger partial charge in [0.15, 0.2) is 0 Å². The number of hydrogen-bond donors (Lipinski definition) is 1. The van der Waals surface area contributed by atoms with Crippen LogP contribution in [0.2, 0.25) is 0 Å². The van der Waals surface area contributed by atoms with E-state index in [1.54, 1.807) is 10.9 Å². The summed E-state index contributed by atoms with van der Waals surface area (Å²) in [7, 11) is 1.84. The number of aliphatic imine (C=N–C) groups is 1. The van der Waals surface area contributed by atoms with Crippen molar-refractivity contribution in [2.75, 3.05) is 23.7 Å². The Kier molecular flexibility index (Phi) is 2.51. The maximum atomic E-state index is 6.00. The Hall–Kier alpha value is -2.30. The van der Waals surface area contributed by atoms with Gasteiger partial charge in [-0.05, 0) is 17.7 Å². The van der Waals surface area contributed by atoms with Gasteiger partial charge >= 0.3 is 0 Å². The van der Waals surface area contributed by atoms with Crippen molar-refractivity contribution >= 4 is 17.8 Å². The van der Waals surface area contributed by atoms with Crippen LogP contribution < -0.4 is 10.6 Å². The van der Waals surface area contributed by atoms with E-state index in [0.29, 0.717) is 5.82 Å². The van der Waals surface area contributed by atoms with Crippen LogP contribution in [-0.2, 0) is 7.05 Å². The number of rotatable bonds is 2. The number of hydrogen-bond acceptors (Lipinski definition) is 4. The van der Waals surface area contributed by atoms with Gasteiger partial charge in [-0.1, -0.05) is 12.1 Å². The molecule has 0 unspecified atom stereocenters. The van der Waals surface area contributed by atoms with E-state index in [2.05, 4.69) is 27.1 Å². The molecule has 0 atom stereocenters. The monoisotopic (exact) mass is 241 g/mol. The number of aryl methyl sites for hydroxylation is 1. The third kappa shape index (κ3) is 1.73. The largest absolute Gasteiger partial charge is 0.383 e. The minimum absolute atomic E-state index is 0.683. The second-order valence-electron chi connectivity index (χ2n) is 4.33. The first kappa shape index (κ1) is 10.8. The molecule has 2 aromatic rings. The molecule has 1 aromatic carbocycles. The SMILES string of the molecule is Cn1ncc(-c2cccc(N3C=NCC3)c2)c1N. The number of nitrogen functional groups attached to an aromatic ring is 1. The summed E-state index contributed by atoms with van der Waals surface area (Å²) in [6.07, 6.45) is 3.68. The minimum atomic E-state index is 0.683. The molecule has 0 saturated heterocycles. The van der Waals surface area contributed by atoms with Gasteiger partial charge < -0.3 is 10.6 Å². The molecule has 0 saturated carbocycles. The van der Waals surface area contributed by atoms with Gasteiger partial charge in [-0.25, -0.2) is 0 Å². The molecule has 92 valence electrons. The summed E-state index contributed by atoms with van der Waals surface area (Å²) in [6, 6.07) is 8.27. The fourth-order valence-electron chi connectivity index (χ4n) is 2.10. The average Bonchev–Trinajstić information content (AvgIpc) is 3.02. The molecule has 1 aromatic heterocycles. The summed E-state index contributed by atoms with van der Waals surface area (Å²) >= 11 is 0. The number of aromatic nitrogens is 2. The minimum Gasteiger partial charge on any atom is -0.383 e. The van der Waals surface area contributed by atoms with Crippen LogP contribution in [0.1, 0.15) is 0 Å². The van der Waals surface area contributed by atoms with Crippen LogP contribution in [-0.4, -0.2) is 29.2 Å². The van der Waals surface area contributed by atoms with E-state index in [-0.39, 0.29) is 0 Å². The molecule has 0 spiro atoms. The molecule has 0 amide bonds. The van der Waals surface area contributed by atoms with E-state index in [1.807, 2.05) is 25.5 Å². The molecule has 2 N–H and O–H groups in total. The molecule has 3 rings (SSSR count). The van der Waals surface area contributed by atoms with Crippen LogP contribution in [0.15, 0.2) is 35.5 Å². The number of anilines is 2. The Morgan fingerprint density at radius 3 is 2.89 bits per heavy atom. The maximum absolute atomic E-state index is 6.00. The van der Waals surface area contributed by atoms with Crippen molar-refractivity contribution in [1.29, 1.82) is 0 Å². The summed E-state index contributed by atoms with van der Waals surface area (Å²) < 4.78 is 1.68. The zero-order valence-corrected chi connectivity index (χ0v) is 10.2. The van der Waals surface area contributed by atoms with Crippen molar-refractivity contribution in [1.82, 2.24) is 9.78 Å². The Morgan fingerprint density at radius 1 is 1.33 bits per heavy atom. The smallest absolute Gasteiger partial charge is 0.129 e. The highest BCUT2D eigenvalue weighted by atomic mass is 15.3. The van der Waals surface area contributed by atoms with Crippen LogP contribution in [0.3, 0.4) is 0 Å². The van der Waals surface area contributed by atoms with E-state index in [4.69, 9.17) is 5.73 Å². The molecule has 0 fully saturated rings. The first-order valence-electron chi connectivity index (χ1n) is 5.90. The van der Waals surface area contributed by atoms with Crippen molar-refractivity contribution in [3.05, 3.63) is 30.5 Å². The highest BCUT2D eigenvalue weighted by molar-refractivity contribution is 5.84. The topological polar surface area (TPSA) is 59.4 Å². The third-order valence-electron chi connectivity index (χ3n) is 3.16. The van der Waals surface area contributed by atoms with E-state index >= 15 is 0 Å². The fraction of sp³-hybridized carbons (Fsp3) is 0.231. The van der Waals surface area contributed by atoms with Crippen LogP contribution >= 0.6 is 0 Å². The van der Waals surface area contributed by atoms with Crippen molar-refractivity contribution < 1.29 is 0 Å². The van der Waals surface area contributed by atoms with E-state index in [1.165, 1.54) is 0 Å².